The summed E-state index contributed by atoms with van der Waals surface area (Å²) in [6.45, 7) is 1.17. The minimum atomic E-state index is -0.395. The number of benzene rings is 2. The van der Waals surface area contributed by atoms with Crippen LogP contribution in [0, 0.1) is 0 Å². The summed E-state index contributed by atoms with van der Waals surface area (Å²) in [6, 6.07) is 17.9. The highest BCUT2D eigenvalue weighted by Crippen LogP contribution is 2.20. The van der Waals surface area contributed by atoms with Crippen LogP contribution in [-0.2, 0) is 4.79 Å². The highest BCUT2D eigenvalue weighted by Gasteiger charge is 2.21. The number of rotatable bonds is 4. The lowest BCUT2D eigenvalue weighted by molar-refractivity contribution is -0.117. The lowest BCUT2D eigenvalue weighted by Gasteiger charge is -2.30. The van der Waals surface area contributed by atoms with Crippen LogP contribution >= 0.6 is 0 Å². The molecule has 0 saturated carbocycles. The normalized spacial score (nSPS) is 15.2. The number of carbonyl (C=O) groups excluding carboxylic acids is 2. The highest BCUT2D eigenvalue weighted by atomic mass is 16.2. The van der Waals surface area contributed by atoms with Crippen LogP contribution in [0.3, 0.4) is 0 Å². The van der Waals surface area contributed by atoms with Crippen LogP contribution in [0.4, 0.5) is 4.79 Å². The third kappa shape index (κ3) is 4.72. The Labute approximate surface area is 153 Å². The zero-order valence-corrected chi connectivity index (χ0v) is 14.6. The zero-order chi connectivity index (χ0) is 18.4. The molecular formula is C21H23N3O2. The second kappa shape index (κ2) is 8.34. The van der Waals surface area contributed by atoms with Crippen LogP contribution in [0.5, 0.6) is 0 Å². The summed E-state index contributed by atoms with van der Waals surface area (Å²) in [5.74, 6) is -0.118. The molecule has 1 heterocycles. The molecule has 0 unspecified atom stereocenters. The first kappa shape index (κ1) is 17.7. The van der Waals surface area contributed by atoms with Crippen molar-refractivity contribution in [1.82, 2.24) is 10.2 Å². The van der Waals surface area contributed by atoms with Gasteiger partial charge in [0, 0.05) is 25.2 Å². The molecular weight excluding hydrogens is 326 g/mol. The summed E-state index contributed by atoms with van der Waals surface area (Å²) in [5.41, 5.74) is 8.51. The van der Waals surface area contributed by atoms with Crippen molar-refractivity contribution in [3.8, 4) is 11.1 Å². The summed E-state index contributed by atoms with van der Waals surface area (Å²) in [5, 5.41) is 2.99. The van der Waals surface area contributed by atoms with Gasteiger partial charge in [-0.05, 0) is 41.7 Å². The summed E-state index contributed by atoms with van der Waals surface area (Å²) < 4.78 is 0. The molecule has 3 rings (SSSR count). The van der Waals surface area contributed by atoms with E-state index in [0.717, 1.165) is 29.5 Å². The first-order valence-corrected chi connectivity index (χ1v) is 8.80. The number of amides is 3. The largest absolute Gasteiger partial charge is 0.351 e. The number of nitrogens with one attached hydrogen (secondary N) is 1. The highest BCUT2D eigenvalue weighted by molar-refractivity contribution is 5.92. The molecule has 1 saturated heterocycles. The van der Waals surface area contributed by atoms with Gasteiger partial charge in [0.2, 0.25) is 5.91 Å². The van der Waals surface area contributed by atoms with E-state index in [1.54, 1.807) is 11.0 Å². The fourth-order valence-electron chi connectivity index (χ4n) is 3.12. The fourth-order valence-corrected chi connectivity index (χ4v) is 3.12. The van der Waals surface area contributed by atoms with E-state index < -0.39 is 6.03 Å². The number of nitrogens with zero attached hydrogens (tertiary/aromatic N) is 1. The maximum absolute atomic E-state index is 12.2. The van der Waals surface area contributed by atoms with Crippen LogP contribution < -0.4 is 11.1 Å². The van der Waals surface area contributed by atoms with E-state index >= 15 is 0 Å². The Morgan fingerprint density at radius 1 is 1.00 bits per heavy atom. The molecule has 2 aromatic rings. The number of urea groups is 1. The van der Waals surface area contributed by atoms with E-state index in [1.807, 2.05) is 36.4 Å². The van der Waals surface area contributed by atoms with Gasteiger partial charge in [-0.3, -0.25) is 4.79 Å². The Hall–Kier alpha value is -3.08. The second-order valence-electron chi connectivity index (χ2n) is 6.43. The molecule has 0 aromatic heterocycles. The fraction of sp³-hybridized carbons (Fsp3) is 0.238. The minimum Gasteiger partial charge on any atom is -0.351 e. The maximum Gasteiger partial charge on any atom is 0.314 e. The second-order valence-corrected chi connectivity index (χ2v) is 6.43. The molecule has 134 valence electrons. The van der Waals surface area contributed by atoms with Crippen molar-refractivity contribution in [2.24, 2.45) is 5.73 Å². The van der Waals surface area contributed by atoms with E-state index in [-0.39, 0.29) is 11.9 Å². The molecule has 0 radical (unpaired) electrons. The molecule has 0 bridgehead atoms. The molecule has 1 aliphatic rings. The first-order valence-electron chi connectivity index (χ1n) is 8.80. The van der Waals surface area contributed by atoms with Crippen molar-refractivity contribution >= 4 is 18.0 Å². The zero-order valence-electron chi connectivity index (χ0n) is 14.6. The lowest BCUT2D eigenvalue weighted by atomic mass is 10.0. The summed E-state index contributed by atoms with van der Waals surface area (Å²) in [4.78, 5) is 24.9. The number of carbonyl (C=O) groups is 2. The van der Waals surface area contributed by atoms with E-state index in [2.05, 4.69) is 29.6 Å². The standard InChI is InChI=1S/C21H23N3O2/c22-21(26)24-13-11-19(12-14-24)23-20(25)10-9-16-5-4-8-18(15-16)17-6-2-1-3-7-17/h1-10,15,19H,11-14H2,(H2,22,26)(H,23,25)/b10-9+. The number of likely N-dealkylation sites (tertiary alicyclic amines) is 1. The molecule has 1 aliphatic heterocycles. The molecule has 3 amide bonds. The Bertz CT molecular complexity index is 794. The summed E-state index contributed by atoms with van der Waals surface area (Å²) >= 11 is 0. The van der Waals surface area contributed by atoms with Gasteiger partial charge < -0.3 is 16.0 Å². The average Bonchev–Trinajstić information content (AvgIpc) is 2.68. The van der Waals surface area contributed by atoms with Gasteiger partial charge in [-0.25, -0.2) is 4.79 Å². The van der Waals surface area contributed by atoms with E-state index in [9.17, 15) is 9.59 Å². The molecule has 0 aliphatic carbocycles. The van der Waals surface area contributed by atoms with Crippen molar-refractivity contribution in [3.63, 3.8) is 0 Å². The van der Waals surface area contributed by atoms with E-state index in [4.69, 9.17) is 5.73 Å². The van der Waals surface area contributed by atoms with Crippen LogP contribution in [0.25, 0.3) is 17.2 Å². The van der Waals surface area contributed by atoms with Gasteiger partial charge in [0.05, 0.1) is 0 Å². The predicted octanol–water partition coefficient (Wildman–Crippen LogP) is 3.03. The van der Waals surface area contributed by atoms with Gasteiger partial charge in [0.15, 0.2) is 0 Å². The third-order valence-electron chi connectivity index (χ3n) is 4.57. The molecule has 2 aromatic carbocycles. The Kier molecular flexibility index (Phi) is 5.69. The third-order valence-corrected chi connectivity index (χ3v) is 4.57. The van der Waals surface area contributed by atoms with Crippen LogP contribution in [0.1, 0.15) is 18.4 Å². The Morgan fingerprint density at radius 3 is 2.38 bits per heavy atom. The molecule has 1 fully saturated rings. The van der Waals surface area contributed by atoms with Gasteiger partial charge in [-0.2, -0.15) is 0 Å². The number of hydrogen-bond donors (Lipinski definition) is 2. The molecule has 3 N–H and O–H groups in total. The minimum absolute atomic E-state index is 0.0819. The van der Waals surface area contributed by atoms with Crippen molar-refractivity contribution < 1.29 is 9.59 Å². The van der Waals surface area contributed by atoms with Crippen molar-refractivity contribution in [2.45, 2.75) is 18.9 Å². The lowest BCUT2D eigenvalue weighted by Crippen LogP contribution is -2.47. The molecule has 5 heteroatoms. The number of hydrogen-bond acceptors (Lipinski definition) is 2. The van der Waals surface area contributed by atoms with Gasteiger partial charge >= 0.3 is 6.03 Å². The van der Waals surface area contributed by atoms with Crippen LogP contribution in [0.2, 0.25) is 0 Å². The molecule has 5 nitrogen and oxygen atoms in total. The van der Waals surface area contributed by atoms with Gasteiger partial charge in [-0.15, -0.1) is 0 Å². The SMILES string of the molecule is NC(=O)N1CCC(NC(=O)/C=C/c2cccc(-c3ccccc3)c2)CC1. The summed E-state index contributed by atoms with van der Waals surface area (Å²) in [7, 11) is 0. The first-order chi connectivity index (χ1) is 12.6. The van der Waals surface area contributed by atoms with E-state index in [0.29, 0.717) is 13.1 Å². The maximum atomic E-state index is 12.2. The number of nitrogens with two attached hydrogens (primary N) is 1. The molecule has 26 heavy (non-hydrogen) atoms. The molecule has 0 spiro atoms. The smallest absolute Gasteiger partial charge is 0.314 e. The topological polar surface area (TPSA) is 75.4 Å². The van der Waals surface area contributed by atoms with E-state index in [1.165, 1.54) is 0 Å². The Morgan fingerprint density at radius 2 is 1.69 bits per heavy atom. The van der Waals surface area contributed by atoms with Crippen molar-refractivity contribution in [3.05, 3.63) is 66.2 Å². The predicted molar refractivity (Wildman–Crippen MR) is 103 cm³/mol. The molecule has 0 atom stereocenters. The van der Waals surface area contributed by atoms with Crippen molar-refractivity contribution in [2.75, 3.05) is 13.1 Å². The quantitative estimate of drug-likeness (QED) is 0.833. The van der Waals surface area contributed by atoms with Gasteiger partial charge in [0.1, 0.15) is 0 Å². The summed E-state index contributed by atoms with van der Waals surface area (Å²) in [6.07, 6.45) is 4.84. The average molecular weight is 349 g/mol. The monoisotopic (exact) mass is 349 g/mol. The number of primary amides is 1. The van der Waals surface area contributed by atoms with Gasteiger partial charge in [-0.1, -0.05) is 48.5 Å². The Balaban J connectivity index is 1.56. The number of piperidine rings is 1. The van der Waals surface area contributed by atoms with Crippen LogP contribution in [0.15, 0.2) is 60.7 Å². The van der Waals surface area contributed by atoms with Crippen molar-refractivity contribution in [1.29, 1.82) is 0 Å². The van der Waals surface area contributed by atoms with Crippen LogP contribution in [-0.4, -0.2) is 36.0 Å². The van der Waals surface area contributed by atoms with Gasteiger partial charge in [0.25, 0.3) is 0 Å².